The fraction of sp³-hybridized carbons (Fsp3) is 0.0816. The molecular formula is C49H35N3. The monoisotopic (exact) mass is 665 g/mol. The zero-order valence-corrected chi connectivity index (χ0v) is 29.1. The van der Waals surface area contributed by atoms with Crippen LogP contribution in [-0.4, -0.2) is 15.0 Å². The summed E-state index contributed by atoms with van der Waals surface area (Å²) >= 11 is 0. The Kier molecular flexibility index (Phi) is 6.74. The average molecular weight is 666 g/mol. The quantitative estimate of drug-likeness (QED) is 0.188. The first-order valence-electron chi connectivity index (χ1n) is 17.9. The predicted octanol–water partition coefficient (Wildman–Crippen LogP) is 11.5. The van der Waals surface area contributed by atoms with E-state index in [1.54, 1.807) is 6.20 Å². The zero-order chi connectivity index (χ0) is 34.9. The highest BCUT2D eigenvalue weighted by atomic mass is 14.9. The molecule has 1 spiro atoms. The molecule has 10 rings (SSSR count). The minimum absolute atomic E-state index is 0.109. The molecule has 0 fully saturated rings. The molecule has 2 heterocycles. The molecule has 0 aliphatic heterocycles. The molecule has 0 radical (unpaired) electrons. The van der Waals surface area contributed by atoms with E-state index in [4.69, 9.17) is 9.97 Å². The number of benzene rings is 6. The van der Waals surface area contributed by atoms with Crippen molar-refractivity contribution in [1.82, 2.24) is 15.0 Å². The molecule has 0 atom stereocenters. The predicted molar refractivity (Wildman–Crippen MR) is 211 cm³/mol. The van der Waals surface area contributed by atoms with Gasteiger partial charge in [0.05, 0.1) is 22.5 Å². The molecule has 0 saturated carbocycles. The second-order valence-corrected chi connectivity index (χ2v) is 14.4. The maximum absolute atomic E-state index is 5.03. The third-order valence-corrected chi connectivity index (χ3v) is 11.3. The largest absolute Gasteiger partial charge is 0.255 e. The van der Waals surface area contributed by atoms with Gasteiger partial charge in [0.1, 0.15) is 0 Å². The molecular weight excluding hydrogens is 631 g/mol. The lowest BCUT2D eigenvalue weighted by Gasteiger charge is -2.46. The first kappa shape index (κ1) is 30.4. The molecule has 52 heavy (non-hydrogen) atoms. The van der Waals surface area contributed by atoms with Crippen molar-refractivity contribution in [3.05, 3.63) is 209 Å². The maximum Gasteiger partial charge on any atom is 0.160 e. The Morgan fingerprint density at radius 1 is 0.365 bits per heavy atom. The number of aromatic nitrogens is 3. The van der Waals surface area contributed by atoms with Gasteiger partial charge in [-0.05, 0) is 79.9 Å². The summed E-state index contributed by atoms with van der Waals surface area (Å²) in [6, 6.07) is 61.2. The van der Waals surface area contributed by atoms with Gasteiger partial charge in [-0.3, -0.25) is 4.98 Å². The highest BCUT2D eigenvalue weighted by Gasteiger charge is 2.53. The van der Waals surface area contributed by atoms with Crippen LogP contribution in [0.4, 0.5) is 0 Å². The summed E-state index contributed by atoms with van der Waals surface area (Å²) < 4.78 is 0. The number of hydrogen-bond donors (Lipinski definition) is 0. The van der Waals surface area contributed by atoms with Crippen LogP contribution in [0.5, 0.6) is 0 Å². The summed E-state index contributed by atoms with van der Waals surface area (Å²) in [4.78, 5) is 14.5. The van der Waals surface area contributed by atoms with E-state index in [1.807, 2.05) is 54.6 Å². The van der Waals surface area contributed by atoms with Gasteiger partial charge in [-0.25, -0.2) is 9.97 Å². The standard InChI is InChI=1S/C49H35N3/c1-48(2)40-18-8-10-20-42(40)49(43-21-11-9-19-41(43)48)38-17-7-6-16-36(38)37-30-35(27-28-39(37)49)32-23-25-33(26-24-32)45-31-46(44-22-12-13-29-50-44)52-47(51-45)34-14-4-3-5-15-34/h3-31H,1-2H3. The van der Waals surface area contributed by atoms with Gasteiger partial charge < -0.3 is 0 Å². The van der Waals surface area contributed by atoms with Crippen LogP contribution in [0.1, 0.15) is 47.2 Å². The number of hydrogen-bond acceptors (Lipinski definition) is 3. The van der Waals surface area contributed by atoms with Gasteiger partial charge in [0.25, 0.3) is 0 Å². The highest BCUT2D eigenvalue weighted by molar-refractivity contribution is 5.90. The third kappa shape index (κ3) is 4.42. The van der Waals surface area contributed by atoms with Crippen LogP contribution in [0.3, 0.4) is 0 Å². The summed E-state index contributed by atoms with van der Waals surface area (Å²) in [5, 5.41) is 0. The van der Waals surface area contributed by atoms with Gasteiger partial charge in [0.15, 0.2) is 5.82 Å². The molecule has 0 unspecified atom stereocenters. The molecule has 0 bridgehead atoms. The molecule has 0 N–H and O–H groups in total. The Morgan fingerprint density at radius 2 is 0.923 bits per heavy atom. The van der Waals surface area contributed by atoms with E-state index < -0.39 is 0 Å². The molecule has 246 valence electrons. The van der Waals surface area contributed by atoms with Crippen molar-refractivity contribution >= 4 is 0 Å². The van der Waals surface area contributed by atoms with Crippen molar-refractivity contribution in [2.45, 2.75) is 24.7 Å². The van der Waals surface area contributed by atoms with Crippen LogP contribution in [0.25, 0.3) is 56.3 Å². The molecule has 6 aromatic carbocycles. The van der Waals surface area contributed by atoms with Crippen LogP contribution < -0.4 is 0 Å². The summed E-state index contributed by atoms with van der Waals surface area (Å²) in [5.74, 6) is 0.684. The Labute approximate surface area is 304 Å². The van der Waals surface area contributed by atoms with Crippen LogP contribution in [0.2, 0.25) is 0 Å². The Hall–Kier alpha value is -6.45. The van der Waals surface area contributed by atoms with E-state index in [-0.39, 0.29) is 10.8 Å². The van der Waals surface area contributed by atoms with E-state index in [0.717, 1.165) is 33.8 Å². The van der Waals surface area contributed by atoms with Gasteiger partial charge in [0, 0.05) is 22.7 Å². The molecule has 2 aliphatic rings. The summed E-state index contributed by atoms with van der Waals surface area (Å²) in [5.41, 5.74) is 17.2. The van der Waals surface area contributed by atoms with Crippen LogP contribution >= 0.6 is 0 Å². The number of pyridine rings is 1. The summed E-state index contributed by atoms with van der Waals surface area (Å²) in [6.45, 7) is 4.74. The fourth-order valence-corrected chi connectivity index (χ4v) is 8.83. The van der Waals surface area contributed by atoms with Crippen LogP contribution in [-0.2, 0) is 10.8 Å². The highest BCUT2D eigenvalue weighted by Crippen LogP contribution is 2.62. The fourth-order valence-electron chi connectivity index (χ4n) is 8.83. The molecule has 2 aromatic heterocycles. The Balaban J connectivity index is 1.10. The van der Waals surface area contributed by atoms with Crippen molar-refractivity contribution in [1.29, 1.82) is 0 Å². The topological polar surface area (TPSA) is 38.7 Å². The number of rotatable bonds is 4. The van der Waals surface area contributed by atoms with Crippen molar-refractivity contribution in [3.63, 3.8) is 0 Å². The maximum atomic E-state index is 5.03. The molecule has 8 aromatic rings. The summed E-state index contributed by atoms with van der Waals surface area (Å²) in [6.07, 6.45) is 1.80. The van der Waals surface area contributed by atoms with Crippen molar-refractivity contribution in [2.75, 3.05) is 0 Å². The van der Waals surface area contributed by atoms with E-state index in [2.05, 4.69) is 134 Å². The van der Waals surface area contributed by atoms with E-state index in [1.165, 1.54) is 50.1 Å². The van der Waals surface area contributed by atoms with Gasteiger partial charge >= 0.3 is 0 Å². The molecule has 0 amide bonds. The van der Waals surface area contributed by atoms with E-state index >= 15 is 0 Å². The van der Waals surface area contributed by atoms with E-state index in [9.17, 15) is 0 Å². The molecule has 2 aliphatic carbocycles. The SMILES string of the molecule is CC1(C)c2ccccc2C2(c3ccccc3-c3cc(-c4ccc(-c5cc(-c6ccccn6)nc(-c6ccccc6)n5)cc4)ccc32)c2ccccc21. The third-order valence-electron chi connectivity index (χ3n) is 11.3. The van der Waals surface area contributed by atoms with Crippen molar-refractivity contribution in [3.8, 4) is 56.3 Å². The number of fused-ring (bicyclic) bond motifs is 9. The molecule has 3 heteroatoms. The van der Waals surface area contributed by atoms with Gasteiger partial charge in [0.2, 0.25) is 0 Å². The molecule has 0 saturated heterocycles. The lowest BCUT2D eigenvalue weighted by atomic mass is 9.55. The first-order chi connectivity index (χ1) is 25.5. The van der Waals surface area contributed by atoms with Crippen molar-refractivity contribution in [2.24, 2.45) is 0 Å². The average Bonchev–Trinajstić information content (AvgIpc) is 3.51. The smallest absolute Gasteiger partial charge is 0.160 e. The minimum Gasteiger partial charge on any atom is -0.255 e. The zero-order valence-electron chi connectivity index (χ0n) is 29.1. The lowest BCUT2D eigenvalue weighted by Crippen LogP contribution is -2.40. The van der Waals surface area contributed by atoms with Gasteiger partial charge in [-0.2, -0.15) is 0 Å². The molecule has 3 nitrogen and oxygen atoms in total. The normalized spacial score (nSPS) is 14.3. The second kappa shape index (κ2) is 11.5. The Morgan fingerprint density at radius 3 is 1.62 bits per heavy atom. The lowest BCUT2D eigenvalue weighted by molar-refractivity contribution is 0.563. The second-order valence-electron chi connectivity index (χ2n) is 14.4. The van der Waals surface area contributed by atoms with Crippen molar-refractivity contribution < 1.29 is 0 Å². The first-order valence-corrected chi connectivity index (χ1v) is 17.9. The Bertz CT molecular complexity index is 2530. The van der Waals surface area contributed by atoms with Crippen LogP contribution in [0, 0.1) is 0 Å². The van der Waals surface area contributed by atoms with Gasteiger partial charge in [-0.1, -0.05) is 159 Å². The van der Waals surface area contributed by atoms with Gasteiger partial charge in [-0.15, -0.1) is 0 Å². The number of nitrogens with zero attached hydrogens (tertiary/aromatic N) is 3. The van der Waals surface area contributed by atoms with Crippen LogP contribution in [0.15, 0.2) is 176 Å². The minimum atomic E-state index is -0.383. The van der Waals surface area contributed by atoms with E-state index in [0.29, 0.717) is 5.82 Å². The summed E-state index contributed by atoms with van der Waals surface area (Å²) in [7, 11) is 0.